The van der Waals surface area contributed by atoms with E-state index in [-0.39, 0.29) is 12.2 Å². The van der Waals surface area contributed by atoms with Crippen LogP contribution in [0.4, 0.5) is 0 Å². The molecule has 8 heteroatoms. The second-order valence-corrected chi connectivity index (χ2v) is 7.72. The Morgan fingerprint density at radius 2 is 2.00 bits per heavy atom. The number of benzene rings is 1. The normalized spacial score (nSPS) is 10.9. The number of hydrogen-bond donors (Lipinski definition) is 0. The van der Waals surface area contributed by atoms with Crippen molar-refractivity contribution in [2.24, 2.45) is 0 Å². The lowest BCUT2D eigenvalue weighted by atomic mass is 10.0. The molecule has 0 amide bonds. The maximum atomic E-state index is 12.3. The number of carbonyl (C=O) groups excluding carboxylic acids is 1. The molecule has 0 unspecified atom stereocenters. The molecule has 3 heterocycles. The third kappa shape index (κ3) is 3.67. The Balaban J connectivity index is 1.58. The number of thiazole rings is 1. The molecule has 6 nitrogen and oxygen atoms in total. The maximum absolute atomic E-state index is 12.3. The van der Waals surface area contributed by atoms with Crippen molar-refractivity contribution in [1.82, 2.24) is 24.5 Å². The van der Waals surface area contributed by atoms with Crippen LogP contribution in [0, 0.1) is 13.8 Å². The molecule has 0 aliphatic rings. The predicted octanol–water partition coefficient (Wildman–Crippen LogP) is 4.16. The highest BCUT2D eigenvalue weighted by Gasteiger charge is 2.15. The summed E-state index contributed by atoms with van der Waals surface area (Å²) in [6.07, 6.45) is 5.43. The van der Waals surface area contributed by atoms with Crippen LogP contribution < -0.4 is 0 Å². The van der Waals surface area contributed by atoms with Crippen molar-refractivity contribution >= 4 is 28.7 Å². The van der Waals surface area contributed by atoms with Gasteiger partial charge in [-0.25, -0.2) is 0 Å². The zero-order chi connectivity index (χ0) is 18.8. The maximum Gasteiger partial charge on any atom is 0.182 e. The molecular weight excluding hydrogens is 378 g/mol. The Kier molecular flexibility index (Phi) is 4.83. The Hall–Kier alpha value is -2.84. The Bertz CT molecular complexity index is 1090. The number of Topliss-reactive ketones (excluding diaryl/α,β-unsaturated/α-hetero) is 1. The van der Waals surface area contributed by atoms with Crippen LogP contribution in [0.1, 0.15) is 26.6 Å². The quantitative estimate of drug-likeness (QED) is 0.474. The molecule has 4 aromatic rings. The molecule has 0 atom stereocenters. The van der Waals surface area contributed by atoms with E-state index in [1.807, 2.05) is 18.6 Å². The van der Waals surface area contributed by atoms with E-state index >= 15 is 0 Å². The van der Waals surface area contributed by atoms with Gasteiger partial charge in [-0.3, -0.25) is 19.7 Å². The number of aryl methyl sites for hydroxylation is 2. The van der Waals surface area contributed by atoms with Crippen LogP contribution in [0.5, 0.6) is 0 Å². The minimum absolute atomic E-state index is 0.0343. The monoisotopic (exact) mass is 393 g/mol. The van der Waals surface area contributed by atoms with Gasteiger partial charge in [-0.2, -0.15) is 0 Å². The molecule has 0 saturated heterocycles. The van der Waals surface area contributed by atoms with Gasteiger partial charge in [-0.05, 0) is 42.6 Å². The fraction of sp³-hybridized carbons (Fsp3) is 0.158. The molecule has 0 saturated carbocycles. The number of ketones is 1. The average molecular weight is 393 g/mol. The van der Waals surface area contributed by atoms with Crippen LogP contribution in [0.15, 0.2) is 42.3 Å². The van der Waals surface area contributed by atoms with E-state index in [9.17, 15) is 4.79 Å². The summed E-state index contributed by atoms with van der Waals surface area (Å²) in [5.41, 5.74) is 7.14. The minimum atomic E-state index is -0.0343. The van der Waals surface area contributed by atoms with Gasteiger partial charge in [-0.15, -0.1) is 16.4 Å². The van der Waals surface area contributed by atoms with Gasteiger partial charge in [0.25, 0.3) is 0 Å². The molecule has 0 spiro atoms. The molecule has 1 aromatic carbocycles. The van der Waals surface area contributed by atoms with Gasteiger partial charge in [0.2, 0.25) is 0 Å². The second kappa shape index (κ2) is 7.42. The van der Waals surface area contributed by atoms with Crippen LogP contribution in [-0.2, 0) is 6.42 Å². The van der Waals surface area contributed by atoms with E-state index in [1.54, 1.807) is 30.7 Å². The summed E-state index contributed by atoms with van der Waals surface area (Å²) in [5.74, 6) is -0.0343. The van der Waals surface area contributed by atoms with Crippen molar-refractivity contribution in [3.63, 3.8) is 0 Å². The topological polar surface area (TPSA) is 81.5 Å². The molecule has 27 heavy (non-hydrogen) atoms. The van der Waals surface area contributed by atoms with E-state index in [1.165, 1.54) is 0 Å². The number of hydrogen-bond acceptors (Lipinski definition) is 8. The number of rotatable bonds is 5. The zero-order valence-electron chi connectivity index (χ0n) is 14.7. The molecule has 4 rings (SSSR count). The fourth-order valence-electron chi connectivity index (χ4n) is 2.73. The highest BCUT2D eigenvalue weighted by molar-refractivity contribution is 7.13. The van der Waals surface area contributed by atoms with Gasteiger partial charge in [0, 0.05) is 18.0 Å². The van der Waals surface area contributed by atoms with Gasteiger partial charge in [0.05, 0.1) is 40.1 Å². The van der Waals surface area contributed by atoms with E-state index in [0.717, 1.165) is 38.8 Å². The first-order valence-corrected chi connectivity index (χ1v) is 9.90. The highest BCUT2D eigenvalue weighted by Crippen LogP contribution is 2.29. The summed E-state index contributed by atoms with van der Waals surface area (Å²) in [7, 11) is 0. The van der Waals surface area contributed by atoms with Crippen molar-refractivity contribution in [3.8, 4) is 21.7 Å². The van der Waals surface area contributed by atoms with E-state index in [2.05, 4.69) is 42.7 Å². The molecule has 3 aromatic heterocycles. The summed E-state index contributed by atoms with van der Waals surface area (Å²) in [4.78, 5) is 27.1. The summed E-state index contributed by atoms with van der Waals surface area (Å²) >= 11 is 2.72. The van der Waals surface area contributed by atoms with Gasteiger partial charge in [0.1, 0.15) is 4.88 Å². The lowest BCUT2D eigenvalue weighted by Gasteiger charge is -2.08. The standard InChI is InChI=1S/C19H15N5OS2/c1-11-3-4-13(18-9-20-10-26-18)5-15(11)16-8-21-14(7-22-16)6-17(25)19-12(2)23-24-27-19/h3-5,7-10H,6H2,1-2H3. The number of carbonyl (C=O) groups is 1. The summed E-state index contributed by atoms with van der Waals surface area (Å²) < 4.78 is 3.81. The smallest absolute Gasteiger partial charge is 0.182 e. The molecular formula is C19H15N5OS2. The van der Waals surface area contributed by atoms with Crippen molar-refractivity contribution < 1.29 is 4.79 Å². The Labute approximate surface area is 164 Å². The first kappa shape index (κ1) is 17.6. The van der Waals surface area contributed by atoms with Crippen molar-refractivity contribution in [3.05, 3.63) is 64.1 Å². The Morgan fingerprint density at radius 3 is 2.67 bits per heavy atom. The summed E-state index contributed by atoms with van der Waals surface area (Å²) in [6, 6.07) is 6.26. The molecule has 0 N–H and O–H groups in total. The van der Waals surface area contributed by atoms with E-state index in [0.29, 0.717) is 16.3 Å². The van der Waals surface area contributed by atoms with Gasteiger partial charge in [0.15, 0.2) is 5.78 Å². The first-order valence-electron chi connectivity index (χ1n) is 8.25. The van der Waals surface area contributed by atoms with Crippen LogP contribution in [-0.4, -0.2) is 30.3 Å². The van der Waals surface area contributed by atoms with Crippen LogP contribution in [0.25, 0.3) is 21.7 Å². The highest BCUT2D eigenvalue weighted by atomic mass is 32.1. The van der Waals surface area contributed by atoms with Crippen molar-refractivity contribution in [1.29, 1.82) is 0 Å². The third-order valence-corrected chi connectivity index (χ3v) is 5.87. The van der Waals surface area contributed by atoms with Crippen LogP contribution in [0.2, 0.25) is 0 Å². The minimum Gasteiger partial charge on any atom is -0.293 e. The largest absolute Gasteiger partial charge is 0.293 e. The first-order chi connectivity index (χ1) is 13.1. The lowest BCUT2D eigenvalue weighted by Crippen LogP contribution is -2.05. The fourth-order valence-corrected chi connectivity index (χ4v) is 3.94. The second-order valence-electron chi connectivity index (χ2n) is 6.08. The summed E-state index contributed by atoms with van der Waals surface area (Å²) in [5, 5.41) is 3.88. The molecule has 134 valence electrons. The molecule has 0 aliphatic heterocycles. The molecule has 0 radical (unpaired) electrons. The van der Waals surface area contributed by atoms with Gasteiger partial charge >= 0.3 is 0 Å². The zero-order valence-corrected chi connectivity index (χ0v) is 16.3. The van der Waals surface area contributed by atoms with Crippen molar-refractivity contribution in [2.45, 2.75) is 20.3 Å². The number of aromatic nitrogens is 5. The third-order valence-electron chi connectivity index (χ3n) is 4.18. The van der Waals surface area contributed by atoms with Gasteiger partial charge in [-0.1, -0.05) is 16.6 Å². The number of nitrogens with zero attached hydrogens (tertiary/aromatic N) is 5. The van der Waals surface area contributed by atoms with E-state index in [4.69, 9.17) is 0 Å². The van der Waals surface area contributed by atoms with E-state index < -0.39 is 0 Å². The predicted molar refractivity (Wildman–Crippen MR) is 106 cm³/mol. The lowest BCUT2D eigenvalue weighted by molar-refractivity contribution is 0.0995. The van der Waals surface area contributed by atoms with Gasteiger partial charge < -0.3 is 0 Å². The Morgan fingerprint density at radius 1 is 1.11 bits per heavy atom. The van der Waals surface area contributed by atoms with Crippen LogP contribution in [0.3, 0.4) is 0 Å². The molecule has 0 aliphatic carbocycles. The summed E-state index contributed by atoms with van der Waals surface area (Å²) in [6.45, 7) is 3.83. The molecule has 0 bridgehead atoms. The average Bonchev–Trinajstić information content (AvgIpc) is 3.35. The van der Waals surface area contributed by atoms with Crippen LogP contribution >= 0.6 is 22.9 Å². The van der Waals surface area contributed by atoms with Crippen molar-refractivity contribution in [2.75, 3.05) is 0 Å². The molecule has 0 fully saturated rings. The SMILES string of the molecule is Cc1ccc(-c2cncs2)cc1-c1cnc(CC(=O)c2snnc2C)cn1.